The van der Waals surface area contributed by atoms with Gasteiger partial charge in [0.25, 0.3) is 0 Å². The van der Waals surface area contributed by atoms with Crippen molar-refractivity contribution < 1.29 is 0 Å². The van der Waals surface area contributed by atoms with Crippen LogP contribution in [-0.2, 0) is 21.7 Å². The van der Waals surface area contributed by atoms with Crippen LogP contribution in [-0.4, -0.2) is 9.13 Å². The highest BCUT2D eigenvalue weighted by molar-refractivity contribution is 6.15. The fourth-order valence-electron chi connectivity index (χ4n) is 16.1. The highest BCUT2D eigenvalue weighted by atomic mass is 15.0. The van der Waals surface area contributed by atoms with Crippen molar-refractivity contribution in [1.82, 2.24) is 9.13 Å². The third-order valence-electron chi connectivity index (χ3n) is 20.5. The fourth-order valence-corrected chi connectivity index (χ4v) is 16.1. The first kappa shape index (κ1) is 50.7. The molecule has 16 rings (SSSR count). The van der Waals surface area contributed by atoms with Gasteiger partial charge in [0.2, 0.25) is 0 Å². The van der Waals surface area contributed by atoms with Crippen LogP contribution in [0.1, 0.15) is 118 Å². The Morgan fingerprint density at radius 2 is 0.729 bits per heavy atom. The van der Waals surface area contributed by atoms with E-state index >= 15 is 0 Å². The van der Waals surface area contributed by atoms with Crippen molar-refractivity contribution >= 4 is 49.2 Å². The quantitative estimate of drug-likeness (QED) is 0.167. The van der Waals surface area contributed by atoms with Crippen molar-refractivity contribution in [2.24, 2.45) is 0 Å². The van der Waals surface area contributed by atoms with Gasteiger partial charge in [0.15, 0.2) is 0 Å². The standard InChI is InChI=1S/C81H62N4/c1-11-19-64-52(12-2)56-30-26-48(36-68(56)78(64,3)4)46-28-32-72-60(34-46)62-40-58-54-21-14-17-24-66(54)80(7,8)70(58)42-76(62)84(72)74-38-51(45-83)75(39-50(74)44-82)85-73-33-29-47(49-27-31-57-53-20-13-16-23-65(53)79(5,6)69(57)37-49)35-61(73)63-41-59-55-22-15-18-25-67(55)81(9,10)71(59)43-77(63)85/h11-43H,2H2,1,3-10H3/b19-11-. The van der Waals surface area contributed by atoms with Gasteiger partial charge >= 0.3 is 0 Å². The zero-order valence-electron chi connectivity index (χ0n) is 49.5. The minimum absolute atomic E-state index is 0.142. The monoisotopic (exact) mass is 1090 g/mol. The highest BCUT2D eigenvalue weighted by Gasteiger charge is 2.40. The molecule has 0 amide bonds. The van der Waals surface area contributed by atoms with Crippen molar-refractivity contribution in [3.8, 4) is 79.1 Å². The molecule has 0 N–H and O–H groups in total. The van der Waals surface area contributed by atoms with E-state index in [1.165, 1.54) is 89.0 Å². The predicted molar refractivity (Wildman–Crippen MR) is 353 cm³/mol. The number of aromatic nitrogens is 2. The van der Waals surface area contributed by atoms with E-state index in [9.17, 15) is 10.5 Å². The second kappa shape index (κ2) is 17.3. The summed E-state index contributed by atoms with van der Waals surface area (Å²) >= 11 is 0. The van der Waals surface area contributed by atoms with E-state index in [1.54, 1.807) is 0 Å². The van der Waals surface area contributed by atoms with Crippen LogP contribution in [0.15, 0.2) is 212 Å². The van der Waals surface area contributed by atoms with Crippen LogP contribution in [0.5, 0.6) is 0 Å². The molecule has 0 radical (unpaired) electrons. The molecule has 4 aliphatic carbocycles. The largest absolute Gasteiger partial charge is 0.308 e. The minimum Gasteiger partial charge on any atom is -0.308 e. The number of nitrogens with zero attached hydrogens (tertiary/aromatic N) is 4. The third-order valence-corrected chi connectivity index (χ3v) is 20.5. The molecule has 2 heterocycles. The topological polar surface area (TPSA) is 57.4 Å². The normalized spacial score (nSPS) is 15.9. The highest BCUT2D eigenvalue weighted by Crippen LogP contribution is 2.55. The number of hydrogen-bond donors (Lipinski definition) is 0. The summed E-state index contributed by atoms with van der Waals surface area (Å²) in [6.45, 7) is 24.9. The first-order valence-electron chi connectivity index (χ1n) is 29.8. The van der Waals surface area contributed by atoms with Gasteiger partial charge in [-0.1, -0.05) is 189 Å². The van der Waals surface area contributed by atoms with Gasteiger partial charge < -0.3 is 9.13 Å². The molecule has 2 aromatic heterocycles. The molecular weight excluding hydrogens is 1030 g/mol. The first-order valence-corrected chi connectivity index (χ1v) is 29.8. The maximum absolute atomic E-state index is 11.7. The van der Waals surface area contributed by atoms with E-state index in [-0.39, 0.29) is 21.7 Å². The van der Waals surface area contributed by atoms with Crippen LogP contribution < -0.4 is 0 Å². The number of fused-ring (bicyclic) bond motifs is 16. The van der Waals surface area contributed by atoms with Gasteiger partial charge in [-0.15, -0.1) is 0 Å². The smallest absolute Gasteiger partial charge is 0.101 e. The summed E-state index contributed by atoms with van der Waals surface area (Å²) in [5.74, 6) is 0. The Labute approximate surface area is 497 Å². The molecule has 4 heteroatoms. The molecule has 0 fully saturated rings. The molecule has 0 bridgehead atoms. The van der Waals surface area contributed by atoms with E-state index in [1.807, 2.05) is 18.2 Å². The van der Waals surface area contributed by atoms with Crippen LogP contribution >= 0.6 is 0 Å². The minimum atomic E-state index is -0.275. The number of allylic oxidation sites excluding steroid dienone is 5. The summed E-state index contributed by atoms with van der Waals surface area (Å²) in [5.41, 5.74) is 30.2. The zero-order chi connectivity index (χ0) is 58.4. The summed E-state index contributed by atoms with van der Waals surface area (Å²) in [6, 6.07) is 72.7. The van der Waals surface area contributed by atoms with Crippen molar-refractivity contribution in [2.45, 2.75) is 84.0 Å². The lowest BCUT2D eigenvalue weighted by Gasteiger charge is -2.23. The Kier molecular flexibility index (Phi) is 10.3. The van der Waals surface area contributed by atoms with Crippen molar-refractivity contribution in [3.05, 3.63) is 268 Å². The predicted octanol–water partition coefficient (Wildman–Crippen LogP) is 20.7. The molecule has 0 atom stereocenters. The molecule has 0 aliphatic heterocycles. The Bertz CT molecular complexity index is 5230. The van der Waals surface area contributed by atoms with E-state index < -0.39 is 0 Å². The molecule has 4 nitrogen and oxygen atoms in total. The Morgan fingerprint density at radius 1 is 0.365 bits per heavy atom. The molecule has 85 heavy (non-hydrogen) atoms. The summed E-state index contributed by atoms with van der Waals surface area (Å²) in [6.07, 6.45) is 6.35. The number of hydrogen-bond acceptors (Lipinski definition) is 2. The summed E-state index contributed by atoms with van der Waals surface area (Å²) < 4.78 is 4.52. The van der Waals surface area contributed by atoms with Crippen molar-refractivity contribution in [3.63, 3.8) is 0 Å². The van der Waals surface area contributed by atoms with Crippen LogP contribution in [0.2, 0.25) is 0 Å². The SMILES string of the molecule is C=CC1=C(/C=C\C)C(C)(C)c2cc(-c3ccc4c(c3)c3cc5c(cc3n4-c3cc(C#N)c(-n4c6ccc(-c7ccc8c(c7)C(C)(C)c7ccccc7-8)cc6c6cc7c(cc64)C(C)(C)c4ccccc4-7)cc3C#N)C(C)(C)c3ccccc3-5)ccc21. The van der Waals surface area contributed by atoms with Crippen LogP contribution in [0, 0.1) is 22.7 Å². The first-order chi connectivity index (χ1) is 41.0. The zero-order valence-corrected chi connectivity index (χ0v) is 49.5. The third kappa shape index (κ3) is 6.66. The average Bonchev–Trinajstić information content (AvgIpc) is 1.65. The summed E-state index contributed by atoms with van der Waals surface area (Å²) in [5, 5.41) is 27.7. The van der Waals surface area contributed by atoms with Crippen LogP contribution in [0.3, 0.4) is 0 Å². The van der Waals surface area contributed by atoms with Gasteiger partial charge in [-0.3, -0.25) is 0 Å². The molecule has 10 aromatic carbocycles. The number of rotatable bonds is 6. The van der Waals surface area contributed by atoms with Gasteiger partial charge in [-0.2, -0.15) is 10.5 Å². The molecule has 0 saturated carbocycles. The second-order valence-electron chi connectivity index (χ2n) is 26.3. The van der Waals surface area contributed by atoms with Gasteiger partial charge in [-0.05, 0) is 191 Å². The van der Waals surface area contributed by atoms with Crippen LogP contribution in [0.4, 0.5) is 0 Å². The molecular formula is C81H62N4. The van der Waals surface area contributed by atoms with Crippen molar-refractivity contribution in [2.75, 3.05) is 0 Å². The van der Waals surface area contributed by atoms with E-state index in [0.29, 0.717) is 22.5 Å². The lowest BCUT2D eigenvalue weighted by molar-refractivity contribution is 0.654. The van der Waals surface area contributed by atoms with E-state index in [0.717, 1.165) is 65.9 Å². The lowest BCUT2D eigenvalue weighted by atomic mass is 9.80. The Morgan fingerprint density at radius 3 is 1.16 bits per heavy atom. The molecule has 12 aromatic rings. The Balaban J connectivity index is 0.917. The lowest BCUT2D eigenvalue weighted by Crippen LogP contribution is -2.16. The average molecular weight is 1090 g/mol. The maximum atomic E-state index is 11.7. The number of nitriles is 2. The number of benzene rings is 10. The van der Waals surface area contributed by atoms with Gasteiger partial charge in [0, 0.05) is 43.2 Å². The van der Waals surface area contributed by atoms with E-state index in [2.05, 4.69) is 272 Å². The van der Waals surface area contributed by atoms with Crippen molar-refractivity contribution in [1.29, 1.82) is 10.5 Å². The van der Waals surface area contributed by atoms with Gasteiger partial charge in [0.1, 0.15) is 12.1 Å². The van der Waals surface area contributed by atoms with Gasteiger partial charge in [0.05, 0.1) is 44.6 Å². The summed E-state index contributed by atoms with van der Waals surface area (Å²) in [4.78, 5) is 0. The second-order valence-corrected chi connectivity index (χ2v) is 26.3. The maximum Gasteiger partial charge on any atom is 0.101 e. The molecule has 4 aliphatic rings. The molecule has 0 unspecified atom stereocenters. The van der Waals surface area contributed by atoms with Crippen LogP contribution in [0.25, 0.3) is 116 Å². The van der Waals surface area contributed by atoms with E-state index in [4.69, 9.17) is 0 Å². The van der Waals surface area contributed by atoms with Gasteiger partial charge in [-0.25, -0.2) is 0 Å². The molecule has 0 spiro atoms. The Hall–Kier alpha value is -10.0. The molecule has 406 valence electrons. The molecule has 0 saturated heterocycles. The summed E-state index contributed by atoms with van der Waals surface area (Å²) in [7, 11) is 0. The fraction of sp³-hybridized carbons (Fsp3) is 0.160.